The number of urea groups is 1. The minimum absolute atomic E-state index is 0.0371. The van der Waals surface area contributed by atoms with Gasteiger partial charge in [0.15, 0.2) is 0 Å². The van der Waals surface area contributed by atoms with Crippen LogP contribution >= 0.6 is 0 Å². The molecule has 6 heteroatoms. The number of nitrogens with one attached hydrogen (secondary N) is 1. The number of aromatic nitrogens is 2. The second-order valence-electron chi connectivity index (χ2n) is 7.76. The molecule has 0 unspecified atom stereocenters. The molecule has 6 nitrogen and oxygen atoms in total. The minimum atomic E-state index is 0.0371. The summed E-state index contributed by atoms with van der Waals surface area (Å²) in [5.74, 6) is 1.68. The van der Waals surface area contributed by atoms with Gasteiger partial charge in [-0.25, -0.2) is 9.78 Å². The molecular formula is C21H31N5O. The first kappa shape index (κ1) is 19.4. The van der Waals surface area contributed by atoms with E-state index in [0.717, 1.165) is 50.7 Å². The van der Waals surface area contributed by atoms with Crippen LogP contribution in [0, 0.1) is 12.8 Å². The highest BCUT2D eigenvalue weighted by Gasteiger charge is 2.21. The van der Waals surface area contributed by atoms with Crippen LogP contribution in [0.2, 0.25) is 0 Å². The van der Waals surface area contributed by atoms with Crippen molar-refractivity contribution in [1.82, 2.24) is 24.7 Å². The van der Waals surface area contributed by atoms with Crippen molar-refractivity contribution in [3.05, 3.63) is 53.6 Å². The third kappa shape index (κ3) is 5.57. The number of hydrogen-bond donors (Lipinski definition) is 1. The lowest BCUT2D eigenvalue weighted by molar-refractivity contribution is 0.131. The predicted octanol–water partition coefficient (Wildman–Crippen LogP) is 2.72. The van der Waals surface area contributed by atoms with E-state index in [9.17, 15) is 4.79 Å². The van der Waals surface area contributed by atoms with Crippen LogP contribution in [-0.2, 0) is 13.1 Å². The molecule has 1 N–H and O–H groups in total. The molecule has 1 aromatic carbocycles. The van der Waals surface area contributed by atoms with Crippen LogP contribution in [0.15, 0.2) is 36.7 Å². The van der Waals surface area contributed by atoms with Gasteiger partial charge in [0.05, 0.1) is 0 Å². The van der Waals surface area contributed by atoms with Crippen molar-refractivity contribution < 1.29 is 4.79 Å². The summed E-state index contributed by atoms with van der Waals surface area (Å²) in [7, 11) is 0. The topological polar surface area (TPSA) is 53.4 Å². The molecule has 2 aromatic rings. The lowest BCUT2D eigenvalue weighted by Crippen LogP contribution is -2.52. The third-order valence-corrected chi connectivity index (χ3v) is 4.99. The number of carbonyl (C=O) groups is 1. The van der Waals surface area contributed by atoms with Crippen molar-refractivity contribution in [2.75, 3.05) is 32.7 Å². The lowest BCUT2D eigenvalue weighted by atomic mass is 10.1. The monoisotopic (exact) mass is 369 g/mol. The highest BCUT2D eigenvalue weighted by Crippen LogP contribution is 2.10. The van der Waals surface area contributed by atoms with Gasteiger partial charge in [0, 0.05) is 58.2 Å². The molecule has 0 saturated carbocycles. The number of carbonyl (C=O) groups excluding carboxylic acids is 1. The van der Waals surface area contributed by atoms with E-state index in [0.29, 0.717) is 12.5 Å². The van der Waals surface area contributed by atoms with E-state index < -0.39 is 0 Å². The maximum Gasteiger partial charge on any atom is 0.317 e. The number of benzene rings is 1. The van der Waals surface area contributed by atoms with Gasteiger partial charge in [0.25, 0.3) is 0 Å². The standard InChI is InChI=1S/C21H31N5O/c1-17(2)15-24-9-11-25(12-10-24)21(27)23-14-19-5-4-6-20(13-19)16-26-8-7-22-18(26)3/h4-8,13,17H,9-12,14-16H2,1-3H3,(H,23,27). The van der Waals surface area contributed by atoms with Crippen LogP contribution in [-0.4, -0.2) is 58.1 Å². The summed E-state index contributed by atoms with van der Waals surface area (Å²) in [6.07, 6.45) is 3.81. The van der Waals surface area contributed by atoms with Crippen molar-refractivity contribution in [2.45, 2.75) is 33.9 Å². The Balaban J connectivity index is 1.48. The van der Waals surface area contributed by atoms with Gasteiger partial charge in [-0.3, -0.25) is 4.90 Å². The van der Waals surface area contributed by atoms with Crippen LogP contribution in [0.5, 0.6) is 0 Å². The SMILES string of the molecule is Cc1nccn1Cc1cccc(CNC(=O)N2CCN(CC(C)C)CC2)c1. The van der Waals surface area contributed by atoms with E-state index in [4.69, 9.17) is 0 Å². The smallest absolute Gasteiger partial charge is 0.317 e. The zero-order valence-electron chi connectivity index (χ0n) is 16.7. The molecule has 0 radical (unpaired) electrons. The molecule has 2 heterocycles. The van der Waals surface area contributed by atoms with Crippen LogP contribution < -0.4 is 5.32 Å². The summed E-state index contributed by atoms with van der Waals surface area (Å²) in [5.41, 5.74) is 2.34. The minimum Gasteiger partial charge on any atom is -0.334 e. The van der Waals surface area contributed by atoms with E-state index in [1.807, 2.05) is 30.3 Å². The van der Waals surface area contributed by atoms with Crippen molar-refractivity contribution in [1.29, 1.82) is 0 Å². The number of amides is 2. The highest BCUT2D eigenvalue weighted by molar-refractivity contribution is 5.74. The van der Waals surface area contributed by atoms with Crippen LogP contribution in [0.1, 0.15) is 30.8 Å². The fourth-order valence-corrected chi connectivity index (χ4v) is 3.54. The van der Waals surface area contributed by atoms with E-state index in [1.165, 1.54) is 5.56 Å². The average Bonchev–Trinajstić information content (AvgIpc) is 3.05. The summed E-state index contributed by atoms with van der Waals surface area (Å²) in [6.45, 7) is 12.5. The second-order valence-corrected chi connectivity index (χ2v) is 7.76. The maximum atomic E-state index is 12.5. The average molecular weight is 370 g/mol. The molecule has 146 valence electrons. The molecule has 2 amide bonds. The summed E-state index contributed by atoms with van der Waals surface area (Å²) in [4.78, 5) is 21.1. The first-order chi connectivity index (χ1) is 13.0. The number of aryl methyl sites for hydroxylation is 1. The van der Waals surface area contributed by atoms with E-state index >= 15 is 0 Å². The van der Waals surface area contributed by atoms with Crippen LogP contribution in [0.4, 0.5) is 4.79 Å². The highest BCUT2D eigenvalue weighted by atomic mass is 16.2. The zero-order chi connectivity index (χ0) is 19.2. The number of nitrogens with zero attached hydrogens (tertiary/aromatic N) is 4. The van der Waals surface area contributed by atoms with Gasteiger partial charge < -0.3 is 14.8 Å². The molecule has 1 aliphatic rings. The van der Waals surface area contributed by atoms with E-state index in [2.05, 4.69) is 51.8 Å². The first-order valence-electron chi connectivity index (χ1n) is 9.82. The molecule has 1 fully saturated rings. The second kappa shape index (κ2) is 9.04. The van der Waals surface area contributed by atoms with Crippen molar-refractivity contribution in [2.24, 2.45) is 5.92 Å². The van der Waals surface area contributed by atoms with E-state index in [1.54, 1.807) is 0 Å². The molecule has 0 bridgehead atoms. The molecule has 1 saturated heterocycles. The maximum absolute atomic E-state index is 12.5. The Kier molecular flexibility index (Phi) is 6.50. The summed E-state index contributed by atoms with van der Waals surface area (Å²) in [6, 6.07) is 8.41. The molecule has 0 atom stereocenters. The molecule has 0 aliphatic carbocycles. The Hall–Kier alpha value is -2.34. The van der Waals surface area contributed by atoms with Gasteiger partial charge in [0.1, 0.15) is 5.82 Å². The Morgan fingerprint density at radius 3 is 2.59 bits per heavy atom. The molecule has 1 aliphatic heterocycles. The van der Waals surface area contributed by atoms with Gasteiger partial charge in [-0.2, -0.15) is 0 Å². The lowest BCUT2D eigenvalue weighted by Gasteiger charge is -2.35. The van der Waals surface area contributed by atoms with Crippen molar-refractivity contribution in [3.63, 3.8) is 0 Å². The molecule has 27 heavy (non-hydrogen) atoms. The fourth-order valence-electron chi connectivity index (χ4n) is 3.54. The Labute approximate surface area is 162 Å². The predicted molar refractivity (Wildman–Crippen MR) is 108 cm³/mol. The third-order valence-electron chi connectivity index (χ3n) is 4.99. The number of piperazine rings is 1. The molecule has 3 rings (SSSR count). The van der Waals surface area contributed by atoms with Gasteiger partial charge >= 0.3 is 6.03 Å². The molecule has 1 aromatic heterocycles. The van der Waals surface area contributed by atoms with E-state index in [-0.39, 0.29) is 6.03 Å². The molecule has 0 spiro atoms. The fraction of sp³-hybridized carbons (Fsp3) is 0.524. The number of rotatable bonds is 6. The number of imidazole rings is 1. The summed E-state index contributed by atoms with van der Waals surface area (Å²) in [5, 5.41) is 3.07. The Morgan fingerprint density at radius 1 is 1.19 bits per heavy atom. The van der Waals surface area contributed by atoms with Crippen molar-refractivity contribution >= 4 is 6.03 Å². The van der Waals surface area contributed by atoms with Crippen molar-refractivity contribution in [3.8, 4) is 0 Å². The molecular weight excluding hydrogens is 338 g/mol. The normalized spacial score (nSPS) is 15.3. The number of hydrogen-bond acceptors (Lipinski definition) is 3. The summed E-state index contributed by atoms with van der Waals surface area (Å²) < 4.78 is 2.12. The first-order valence-corrected chi connectivity index (χ1v) is 9.82. The van der Waals surface area contributed by atoms with Gasteiger partial charge in [-0.05, 0) is 24.0 Å². The van der Waals surface area contributed by atoms with Crippen LogP contribution in [0.25, 0.3) is 0 Å². The van der Waals surface area contributed by atoms with Gasteiger partial charge in [-0.1, -0.05) is 38.1 Å². The Bertz CT molecular complexity index is 747. The zero-order valence-corrected chi connectivity index (χ0v) is 16.7. The van der Waals surface area contributed by atoms with Gasteiger partial charge in [-0.15, -0.1) is 0 Å². The summed E-state index contributed by atoms with van der Waals surface area (Å²) >= 11 is 0. The Morgan fingerprint density at radius 2 is 1.93 bits per heavy atom. The largest absolute Gasteiger partial charge is 0.334 e. The quantitative estimate of drug-likeness (QED) is 0.852. The van der Waals surface area contributed by atoms with Gasteiger partial charge in [0.2, 0.25) is 0 Å². The van der Waals surface area contributed by atoms with Crippen LogP contribution in [0.3, 0.4) is 0 Å².